The lowest BCUT2D eigenvalue weighted by Crippen LogP contribution is -2.44. The summed E-state index contributed by atoms with van der Waals surface area (Å²) in [6.07, 6.45) is 11.1. The van der Waals surface area contributed by atoms with E-state index in [2.05, 4.69) is 17.3 Å². The second-order valence-corrected chi connectivity index (χ2v) is 6.85. The van der Waals surface area contributed by atoms with Gasteiger partial charge in [-0.15, -0.1) is 0 Å². The number of nitrogens with one attached hydrogen (secondary N) is 1. The zero-order chi connectivity index (χ0) is 13.9. The van der Waals surface area contributed by atoms with E-state index in [4.69, 9.17) is 4.74 Å². The third kappa shape index (κ3) is 3.34. The van der Waals surface area contributed by atoms with Gasteiger partial charge < -0.3 is 15.0 Å². The van der Waals surface area contributed by atoms with Crippen molar-refractivity contribution in [2.45, 2.75) is 82.0 Å². The van der Waals surface area contributed by atoms with Crippen molar-refractivity contribution < 1.29 is 9.53 Å². The number of piperidine rings is 1. The SMILES string of the molecule is CN1[C@@H]2CC[C@@H]1CC(OC(=O)CNC1CCCCC1)C2. The zero-order valence-electron chi connectivity index (χ0n) is 12.6. The van der Waals surface area contributed by atoms with E-state index >= 15 is 0 Å². The molecular formula is C16H28N2O2. The molecule has 20 heavy (non-hydrogen) atoms. The van der Waals surface area contributed by atoms with Crippen molar-refractivity contribution in [3.63, 3.8) is 0 Å². The predicted molar refractivity (Wildman–Crippen MR) is 78.6 cm³/mol. The summed E-state index contributed by atoms with van der Waals surface area (Å²) in [6, 6.07) is 1.81. The van der Waals surface area contributed by atoms with Gasteiger partial charge >= 0.3 is 5.97 Å². The number of esters is 1. The molecule has 0 amide bonds. The van der Waals surface area contributed by atoms with Crippen LogP contribution in [-0.4, -0.2) is 48.7 Å². The summed E-state index contributed by atoms with van der Waals surface area (Å²) in [5, 5.41) is 3.37. The van der Waals surface area contributed by atoms with E-state index in [9.17, 15) is 4.79 Å². The Hall–Kier alpha value is -0.610. The molecular weight excluding hydrogens is 252 g/mol. The van der Waals surface area contributed by atoms with Gasteiger partial charge in [0.25, 0.3) is 0 Å². The van der Waals surface area contributed by atoms with Crippen molar-refractivity contribution in [1.82, 2.24) is 10.2 Å². The first-order valence-electron chi connectivity index (χ1n) is 8.37. The molecule has 1 N–H and O–H groups in total. The van der Waals surface area contributed by atoms with Gasteiger partial charge in [-0.3, -0.25) is 4.79 Å². The molecule has 2 saturated heterocycles. The van der Waals surface area contributed by atoms with Crippen LogP contribution in [-0.2, 0) is 9.53 Å². The Morgan fingerprint density at radius 1 is 1.10 bits per heavy atom. The smallest absolute Gasteiger partial charge is 0.320 e. The zero-order valence-corrected chi connectivity index (χ0v) is 12.6. The Morgan fingerprint density at radius 3 is 2.40 bits per heavy atom. The first-order valence-corrected chi connectivity index (χ1v) is 8.37. The fourth-order valence-electron chi connectivity index (χ4n) is 4.22. The molecule has 3 aliphatic rings. The van der Waals surface area contributed by atoms with Gasteiger partial charge in [-0.05, 0) is 45.6 Å². The van der Waals surface area contributed by atoms with Crippen molar-refractivity contribution in [2.75, 3.05) is 13.6 Å². The molecule has 0 aromatic rings. The molecule has 3 fully saturated rings. The third-order valence-electron chi connectivity index (χ3n) is 5.49. The Kier molecular flexibility index (Phi) is 4.61. The predicted octanol–water partition coefficient (Wildman–Crippen LogP) is 2.08. The third-order valence-corrected chi connectivity index (χ3v) is 5.49. The maximum absolute atomic E-state index is 12.0. The maximum Gasteiger partial charge on any atom is 0.320 e. The van der Waals surface area contributed by atoms with E-state index in [-0.39, 0.29) is 12.1 Å². The van der Waals surface area contributed by atoms with Gasteiger partial charge in [0.2, 0.25) is 0 Å². The van der Waals surface area contributed by atoms with E-state index < -0.39 is 0 Å². The molecule has 2 bridgehead atoms. The maximum atomic E-state index is 12.0. The van der Waals surface area contributed by atoms with Crippen LogP contribution < -0.4 is 5.32 Å². The van der Waals surface area contributed by atoms with Gasteiger partial charge in [0.15, 0.2) is 0 Å². The first kappa shape index (κ1) is 14.3. The molecule has 4 nitrogen and oxygen atoms in total. The molecule has 2 atom stereocenters. The largest absolute Gasteiger partial charge is 0.461 e. The fourth-order valence-corrected chi connectivity index (χ4v) is 4.22. The van der Waals surface area contributed by atoms with E-state index in [0.717, 1.165) is 12.8 Å². The highest BCUT2D eigenvalue weighted by molar-refractivity contribution is 5.71. The van der Waals surface area contributed by atoms with Crippen LogP contribution in [0.1, 0.15) is 57.8 Å². The second kappa shape index (κ2) is 6.44. The highest BCUT2D eigenvalue weighted by Gasteiger charge is 2.39. The molecule has 2 heterocycles. The molecule has 0 unspecified atom stereocenters. The van der Waals surface area contributed by atoms with Gasteiger partial charge in [0.1, 0.15) is 6.10 Å². The van der Waals surface area contributed by atoms with Gasteiger partial charge in [-0.25, -0.2) is 0 Å². The standard InChI is InChI=1S/C16H28N2O2/c1-18-13-7-8-14(18)10-15(9-13)20-16(19)11-17-12-5-3-2-4-6-12/h12-15,17H,2-11H2,1H3/t13-,14-/m1/s1. The lowest BCUT2D eigenvalue weighted by molar-refractivity contribution is -0.151. The number of nitrogens with zero attached hydrogens (tertiary/aromatic N) is 1. The number of hydrogen-bond donors (Lipinski definition) is 1. The van der Waals surface area contributed by atoms with Gasteiger partial charge in [0.05, 0.1) is 6.54 Å². The Bertz CT molecular complexity index is 327. The van der Waals surface area contributed by atoms with Gasteiger partial charge in [0, 0.05) is 18.1 Å². The van der Waals surface area contributed by atoms with Crippen LogP contribution in [0, 0.1) is 0 Å². The van der Waals surface area contributed by atoms with Crippen molar-refractivity contribution in [1.29, 1.82) is 0 Å². The van der Waals surface area contributed by atoms with Gasteiger partial charge in [-0.1, -0.05) is 19.3 Å². The summed E-state index contributed by atoms with van der Waals surface area (Å²) in [4.78, 5) is 14.4. The van der Waals surface area contributed by atoms with Crippen LogP contribution >= 0.6 is 0 Å². The minimum Gasteiger partial charge on any atom is -0.461 e. The average molecular weight is 280 g/mol. The molecule has 0 aromatic carbocycles. The highest BCUT2D eigenvalue weighted by Crippen LogP contribution is 2.35. The molecule has 2 aliphatic heterocycles. The number of fused-ring (bicyclic) bond motifs is 2. The van der Waals surface area contributed by atoms with E-state index in [1.54, 1.807) is 0 Å². The lowest BCUT2D eigenvalue weighted by Gasteiger charge is -2.35. The van der Waals surface area contributed by atoms with E-state index in [1.165, 1.54) is 44.9 Å². The van der Waals surface area contributed by atoms with Crippen LogP contribution in [0.2, 0.25) is 0 Å². The molecule has 0 radical (unpaired) electrons. The fraction of sp³-hybridized carbons (Fsp3) is 0.938. The molecule has 0 spiro atoms. The summed E-state index contributed by atoms with van der Waals surface area (Å²) >= 11 is 0. The van der Waals surface area contributed by atoms with Crippen molar-refractivity contribution in [2.24, 2.45) is 0 Å². The van der Waals surface area contributed by atoms with Crippen LogP contribution in [0.25, 0.3) is 0 Å². The quantitative estimate of drug-likeness (QED) is 0.801. The topological polar surface area (TPSA) is 41.6 Å². The van der Waals surface area contributed by atoms with Crippen LogP contribution in [0.5, 0.6) is 0 Å². The molecule has 0 aromatic heterocycles. The van der Waals surface area contributed by atoms with Crippen LogP contribution in [0.4, 0.5) is 0 Å². The number of carbonyl (C=O) groups is 1. The van der Waals surface area contributed by atoms with Gasteiger partial charge in [-0.2, -0.15) is 0 Å². The summed E-state index contributed by atoms with van der Waals surface area (Å²) < 4.78 is 5.68. The second-order valence-electron chi connectivity index (χ2n) is 6.85. The summed E-state index contributed by atoms with van der Waals surface area (Å²) in [6.45, 7) is 0.395. The Balaban J connectivity index is 1.38. The molecule has 3 rings (SSSR count). The monoisotopic (exact) mass is 280 g/mol. The number of rotatable bonds is 4. The van der Waals surface area contributed by atoms with Crippen molar-refractivity contribution in [3.8, 4) is 0 Å². The van der Waals surface area contributed by atoms with Crippen molar-refractivity contribution in [3.05, 3.63) is 0 Å². The summed E-state index contributed by atoms with van der Waals surface area (Å²) in [7, 11) is 2.21. The minimum absolute atomic E-state index is 0.0514. The summed E-state index contributed by atoms with van der Waals surface area (Å²) in [5.74, 6) is -0.0514. The first-order chi connectivity index (χ1) is 9.72. The normalized spacial score (nSPS) is 35.1. The number of hydrogen-bond acceptors (Lipinski definition) is 4. The van der Waals surface area contributed by atoms with E-state index in [0.29, 0.717) is 24.7 Å². The van der Waals surface area contributed by atoms with Crippen LogP contribution in [0.15, 0.2) is 0 Å². The van der Waals surface area contributed by atoms with Crippen molar-refractivity contribution >= 4 is 5.97 Å². The van der Waals surface area contributed by atoms with E-state index in [1.807, 2.05) is 0 Å². The molecule has 1 saturated carbocycles. The van der Waals surface area contributed by atoms with Crippen LogP contribution in [0.3, 0.4) is 0 Å². The minimum atomic E-state index is -0.0514. The Morgan fingerprint density at radius 2 is 1.75 bits per heavy atom. The number of carbonyl (C=O) groups excluding carboxylic acids is 1. The Labute approximate surface area is 122 Å². The molecule has 114 valence electrons. The molecule has 4 heteroatoms. The summed E-state index contributed by atoms with van der Waals surface area (Å²) in [5.41, 5.74) is 0. The number of ether oxygens (including phenoxy) is 1. The highest BCUT2D eigenvalue weighted by atomic mass is 16.5. The molecule has 1 aliphatic carbocycles. The lowest BCUT2D eigenvalue weighted by atomic mass is 9.95. The average Bonchev–Trinajstić information content (AvgIpc) is 2.68.